The highest BCUT2D eigenvalue weighted by atomic mass is 32.2. The number of allylic oxidation sites excluding steroid dienone is 1. The minimum atomic E-state index is 0.946. The van der Waals surface area contributed by atoms with E-state index in [0.717, 1.165) is 23.5 Å². The van der Waals surface area contributed by atoms with Gasteiger partial charge in [-0.2, -0.15) is 5.10 Å². The fourth-order valence-electron chi connectivity index (χ4n) is 1.33. The normalized spacial score (nSPS) is 15.8. The van der Waals surface area contributed by atoms with Gasteiger partial charge in [0, 0.05) is 12.1 Å². The van der Waals surface area contributed by atoms with Gasteiger partial charge in [0.1, 0.15) is 5.69 Å². The number of H-pyrrole nitrogens is 1. The summed E-state index contributed by atoms with van der Waals surface area (Å²) in [5.41, 5.74) is 3.10. The summed E-state index contributed by atoms with van der Waals surface area (Å²) in [7, 11) is 0. The van der Waals surface area contributed by atoms with Crippen LogP contribution in [0.3, 0.4) is 0 Å². The minimum Gasteiger partial charge on any atom is -0.276 e. The number of hydrogen-bond acceptors (Lipinski definition) is 3. The number of fused-ring (bicyclic) bond motifs is 1. The summed E-state index contributed by atoms with van der Waals surface area (Å²) in [5, 5.41) is 6.90. The number of nitrogens with one attached hydrogen (secondary N) is 1. The molecule has 68 valence electrons. The van der Waals surface area contributed by atoms with E-state index in [9.17, 15) is 0 Å². The molecule has 0 bridgehead atoms. The molecule has 0 aromatic carbocycles. The van der Waals surface area contributed by atoms with Crippen molar-refractivity contribution >= 4 is 29.2 Å². The largest absolute Gasteiger partial charge is 0.276 e. The van der Waals surface area contributed by atoms with Crippen molar-refractivity contribution in [3.8, 4) is 0 Å². The molecule has 0 amide bonds. The van der Waals surface area contributed by atoms with Crippen molar-refractivity contribution in [2.24, 2.45) is 4.99 Å². The lowest BCUT2D eigenvalue weighted by atomic mass is 10.3. The standard InChI is InChI=1S/C9H11N3S/c1-6-3-7(13-2)4-8-9(11-6)5-10-12-8/h4-5H,3H2,1-2H3,(H,10,12). The van der Waals surface area contributed by atoms with E-state index in [1.165, 1.54) is 4.91 Å². The highest BCUT2D eigenvalue weighted by Gasteiger charge is 2.09. The Morgan fingerprint density at radius 1 is 1.54 bits per heavy atom. The second-order valence-electron chi connectivity index (χ2n) is 3.01. The molecule has 2 rings (SSSR count). The van der Waals surface area contributed by atoms with Crippen LogP contribution in [0.25, 0.3) is 6.08 Å². The molecule has 0 saturated heterocycles. The maximum atomic E-state index is 4.46. The number of hydrogen-bond donors (Lipinski definition) is 1. The fourth-order valence-corrected chi connectivity index (χ4v) is 1.91. The molecule has 2 heterocycles. The molecule has 0 atom stereocenters. The van der Waals surface area contributed by atoms with Gasteiger partial charge in [-0.25, -0.2) is 0 Å². The lowest BCUT2D eigenvalue weighted by Gasteiger charge is -1.99. The first kappa shape index (κ1) is 8.56. The van der Waals surface area contributed by atoms with Crippen LogP contribution in [0.2, 0.25) is 0 Å². The maximum Gasteiger partial charge on any atom is 0.108 e. The number of rotatable bonds is 1. The maximum absolute atomic E-state index is 4.46. The van der Waals surface area contributed by atoms with E-state index in [-0.39, 0.29) is 0 Å². The van der Waals surface area contributed by atoms with Crippen LogP contribution in [-0.4, -0.2) is 22.2 Å². The quantitative estimate of drug-likeness (QED) is 0.744. The number of aromatic amines is 1. The van der Waals surface area contributed by atoms with Crippen molar-refractivity contribution in [1.82, 2.24) is 10.2 Å². The van der Waals surface area contributed by atoms with Crippen LogP contribution in [0.1, 0.15) is 19.0 Å². The van der Waals surface area contributed by atoms with E-state index in [4.69, 9.17) is 0 Å². The van der Waals surface area contributed by atoms with Gasteiger partial charge in [-0.05, 0) is 24.2 Å². The summed E-state index contributed by atoms with van der Waals surface area (Å²) < 4.78 is 0. The zero-order valence-electron chi connectivity index (χ0n) is 7.66. The number of aromatic nitrogens is 2. The van der Waals surface area contributed by atoms with Crippen molar-refractivity contribution in [2.45, 2.75) is 13.3 Å². The lowest BCUT2D eigenvalue weighted by molar-refractivity contribution is 1.08. The Bertz CT molecular complexity index is 376. The third-order valence-electron chi connectivity index (χ3n) is 1.96. The lowest BCUT2D eigenvalue weighted by Crippen LogP contribution is -1.89. The first-order chi connectivity index (χ1) is 6.29. The van der Waals surface area contributed by atoms with Gasteiger partial charge in [-0.15, -0.1) is 11.8 Å². The molecule has 3 nitrogen and oxygen atoms in total. The number of nitrogens with zero attached hydrogens (tertiary/aromatic N) is 2. The monoisotopic (exact) mass is 193 g/mol. The van der Waals surface area contributed by atoms with Crippen LogP contribution in [0.4, 0.5) is 5.69 Å². The molecular weight excluding hydrogens is 182 g/mol. The summed E-state index contributed by atoms with van der Waals surface area (Å²) in [5.74, 6) is 0. The molecule has 0 saturated carbocycles. The zero-order valence-corrected chi connectivity index (χ0v) is 8.48. The highest BCUT2D eigenvalue weighted by Crippen LogP contribution is 2.28. The molecule has 1 aliphatic rings. The summed E-state index contributed by atoms with van der Waals surface area (Å²) in [4.78, 5) is 5.78. The van der Waals surface area contributed by atoms with Crippen LogP contribution >= 0.6 is 11.8 Å². The third-order valence-corrected chi connectivity index (χ3v) is 2.74. The van der Waals surface area contributed by atoms with Crippen molar-refractivity contribution in [1.29, 1.82) is 0 Å². The molecule has 4 heteroatoms. The van der Waals surface area contributed by atoms with Crippen molar-refractivity contribution < 1.29 is 0 Å². The molecule has 0 radical (unpaired) electrons. The van der Waals surface area contributed by atoms with Gasteiger partial charge in [-0.1, -0.05) is 0 Å². The third kappa shape index (κ3) is 1.67. The second kappa shape index (κ2) is 3.38. The first-order valence-corrected chi connectivity index (χ1v) is 5.34. The average molecular weight is 193 g/mol. The average Bonchev–Trinajstić information content (AvgIpc) is 2.46. The van der Waals surface area contributed by atoms with Gasteiger partial charge in [0.05, 0.1) is 11.9 Å². The Labute approximate surface area is 81.3 Å². The van der Waals surface area contributed by atoms with Gasteiger partial charge in [0.15, 0.2) is 0 Å². The Hall–Kier alpha value is -1.03. The van der Waals surface area contributed by atoms with E-state index < -0.39 is 0 Å². The van der Waals surface area contributed by atoms with Crippen LogP contribution in [-0.2, 0) is 0 Å². The van der Waals surface area contributed by atoms with Gasteiger partial charge in [0.2, 0.25) is 0 Å². The molecular formula is C9H11N3S. The molecule has 1 aromatic rings. The molecule has 1 aliphatic heterocycles. The van der Waals surface area contributed by atoms with Crippen molar-refractivity contribution in [3.05, 3.63) is 16.8 Å². The second-order valence-corrected chi connectivity index (χ2v) is 3.94. The summed E-state index contributed by atoms with van der Waals surface area (Å²) >= 11 is 1.76. The molecule has 13 heavy (non-hydrogen) atoms. The van der Waals surface area contributed by atoms with E-state index in [1.807, 2.05) is 6.92 Å². The SMILES string of the molecule is CSC1=Cc2[nH]ncc2N=C(C)C1. The summed E-state index contributed by atoms with van der Waals surface area (Å²) in [6.07, 6.45) is 6.91. The van der Waals surface area contributed by atoms with Crippen molar-refractivity contribution in [2.75, 3.05) is 6.26 Å². The molecule has 1 N–H and O–H groups in total. The predicted octanol–water partition coefficient (Wildman–Crippen LogP) is 2.61. The van der Waals surface area contributed by atoms with Gasteiger partial charge >= 0.3 is 0 Å². The minimum absolute atomic E-state index is 0.946. The fraction of sp³-hybridized carbons (Fsp3) is 0.333. The molecule has 1 aromatic heterocycles. The van der Waals surface area contributed by atoms with E-state index in [1.54, 1.807) is 18.0 Å². The zero-order chi connectivity index (χ0) is 9.26. The smallest absolute Gasteiger partial charge is 0.108 e. The van der Waals surface area contributed by atoms with E-state index in [2.05, 4.69) is 27.5 Å². The molecule has 0 aliphatic carbocycles. The summed E-state index contributed by atoms with van der Waals surface area (Å²) in [6, 6.07) is 0. The van der Waals surface area contributed by atoms with Gasteiger partial charge in [-0.3, -0.25) is 10.1 Å². The Kier molecular flexibility index (Phi) is 2.22. The van der Waals surface area contributed by atoms with Gasteiger partial charge in [0.25, 0.3) is 0 Å². The van der Waals surface area contributed by atoms with Crippen LogP contribution in [0.15, 0.2) is 16.1 Å². The van der Waals surface area contributed by atoms with Crippen molar-refractivity contribution in [3.63, 3.8) is 0 Å². The Morgan fingerprint density at radius 3 is 3.15 bits per heavy atom. The number of thioether (sulfide) groups is 1. The Morgan fingerprint density at radius 2 is 2.38 bits per heavy atom. The van der Waals surface area contributed by atoms with Crippen LogP contribution in [0.5, 0.6) is 0 Å². The molecule has 0 spiro atoms. The molecule has 0 fully saturated rings. The predicted molar refractivity (Wildman–Crippen MR) is 57.5 cm³/mol. The van der Waals surface area contributed by atoms with Crippen LogP contribution in [0, 0.1) is 0 Å². The van der Waals surface area contributed by atoms with Gasteiger partial charge < -0.3 is 0 Å². The molecule has 0 unspecified atom stereocenters. The number of aliphatic imine (C=N–C) groups is 1. The van der Waals surface area contributed by atoms with Crippen LogP contribution < -0.4 is 0 Å². The summed E-state index contributed by atoms with van der Waals surface area (Å²) in [6.45, 7) is 2.05. The van der Waals surface area contributed by atoms with E-state index in [0.29, 0.717) is 0 Å². The topological polar surface area (TPSA) is 41.0 Å². The Balaban J connectivity index is 2.49. The highest BCUT2D eigenvalue weighted by molar-refractivity contribution is 8.02. The first-order valence-electron chi connectivity index (χ1n) is 4.11. The van der Waals surface area contributed by atoms with E-state index >= 15 is 0 Å².